The number of furan rings is 1. The molecule has 4 nitrogen and oxygen atoms in total. The van der Waals surface area contributed by atoms with Crippen LogP contribution in [0.25, 0.3) is 0 Å². The van der Waals surface area contributed by atoms with Crippen LogP contribution in [0.5, 0.6) is 0 Å². The van der Waals surface area contributed by atoms with Crippen molar-refractivity contribution in [2.24, 2.45) is 5.92 Å². The molecule has 2 bridgehead atoms. The number of rotatable bonds is 2. The quantitative estimate of drug-likeness (QED) is 0.875. The molecule has 92 valence electrons. The molecule has 1 aromatic heterocycles. The first-order chi connectivity index (χ1) is 8.20. The van der Waals surface area contributed by atoms with E-state index < -0.39 is 0 Å². The second kappa shape index (κ2) is 4.35. The largest absolute Gasteiger partial charge is 0.440 e. The summed E-state index contributed by atoms with van der Waals surface area (Å²) in [5.74, 6) is 0.876. The van der Waals surface area contributed by atoms with Crippen molar-refractivity contribution in [2.45, 2.75) is 18.9 Å². The fraction of sp³-hybridized carbons (Fsp3) is 0.583. The molecule has 1 aromatic rings. The molecule has 1 unspecified atom stereocenters. The fourth-order valence-electron chi connectivity index (χ4n) is 2.86. The second-order valence-corrected chi connectivity index (χ2v) is 5.30. The van der Waals surface area contributed by atoms with Gasteiger partial charge < -0.3 is 14.6 Å². The van der Waals surface area contributed by atoms with Crippen molar-refractivity contribution in [3.8, 4) is 0 Å². The van der Waals surface area contributed by atoms with Crippen molar-refractivity contribution in [2.75, 3.05) is 19.6 Å². The van der Waals surface area contributed by atoms with Gasteiger partial charge in [-0.05, 0) is 49.0 Å². The number of carbonyl (C=O) groups excluding carboxylic acids is 1. The Hall–Kier alpha value is -1.00. The van der Waals surface area contributed by atoms with Crippen molar-refractivity contribution < 1.29 is 9.21 Å². The summed E-state index contributed by atoms with van der Waals surface area (Å²) in [6.07, 6.45) is 2.34. The molecule has 1 amide bonds. The normalized spacial score (nSPS) is 31.5. The van der Waals surface area contributed by atoms with Crippen molar-refractivity contribution in [1.29, 1.82) is 0 Å². The van der Waals surface area contributed by atoms with Gasteiger partial charge in [-0.15, -0.1) is 0 Å². The summed E-state index contributed by atoms with van der Waals surface area (Å²) in [5, 5.41) is 3.27. The molecule has 0 aliphatic carbocycles. The van der Waals surface area contributed by atoms with Gasteiger partial charge in [0.05, 0.1) is 0 Å². The maximum atomic E-state index is 11.9. The van der Waals surface area contributed by atoms with E-state index in [9.17, 15) is 4.79 Å². The maximum Gasteiger partial charge on any atom is 0.287 e. The molecule has 0 spiro atoms. The predicted octanol–water partition coefficient (Wildman–Crippen LogP) is 1.76. The van der Waals surface area contributed by atoms with E-state index in [1.54, 1.807) is 12.1 Å². The Morgan fingerprint density at radius 2 is 2.35 bits per heavy atom. The fourth-order valence-corrected chi connectivity index (χ4v) is 3.00. The third kappa shape index (κ3) is 2.33. The molecule has 2 aliphatic rings. The minimum Gasteiger partial charge on any atom is -0.440 e. The first kappa shape index (κ1) is 11.1. The van der Waals surface area contributed by atoms with Crippen LogP contribution in [-0.2, 0) is 0 Å². The van der Waals surface area contributed by atoms with E-state index in [2.05, 4.69) is 10.2 Å². The Kier molecular flexibility index (Phi) is 2.84. The van der Waals surface area contributed by atoms with Crippen molar-refractivity contribution in [3.05, 3.63) is 23.1 Å². The number of hydrogen-bond donors (Lipinski definition) is 1. The van der Waals surface area contributed by atoms with Crippen LogP contribution in [0.3, 0.4) is 0 Å². The molecule has 3 rings (SSSR count). The van der Waals surface area contributed by atoms with E-state index in [1.807, 2.05) is 0 Å². The molecule has 5 heteroatoms. The second-order valence-electron chi connectivity index (χ2n) is 4.92. The van der Waals surface area contributed by atoms with Crippen molar-refractivity contribution >= 4 is 17.5 Å². The summed E-state index contributed by atoms with van der Waals surface area (Å²) in [6, 6.07) is 3.44. The smallest absolute Gasteiger partial charge is 0.287 e. The third-order valence-corrected chi connectivity index (χ3v) is 3.80. The van der Waals surface area contributed by atoms with Gasteiger partial charge in [0.1, 0.15) is 0 Å². The molecular weight excluding hydrogens is 240 g/mol. The van der Waals surface area contributed by atoms with E-state index in [0.717, 1.165) is 18.9 Å². The standard InChI is InChI=1S/C12H15ClN2O2/c13-11-2-1-10(17-11)12(16)14-9-5-8-3-4-15(6-8)7-9/h1-2,8-9H,3-7H2,(H,14,16)/t8-,9+/m0/s1. The number of halogens is 1. The number of hydrogen-bond acceptors (Lipinski definition) is 3. The van der Waals surface area contributed by atoms with Gasteiger partial charge >= 0.3 is 0 Å². The molecule has 0 saturated carbocycles. The molecule has 17 heavy (non-hydrogen) atoms. The van der Waals surface area contributed by atoms with E-state index in [1.165, 1.54) is 19.5 Å². The summed E-state index contributed by atoms with van der Waals surface area (Å²) in [7, 11) is 0. The van der Waals surface area contributed by atoms with Gasteiger partial charge in [0.25, 0.3) is 5.91 Å². The summed E-state index contributed by atoms with van der Waals surface area (Å²) >= 11 is 5.65. The minimum atomic E-state index is -0.163. The Bertz CT molecular complexity index is 420. The summed E-state index contributed by atoms with van der Waals surface area (Å²) < 4.78 is 5.10. The van der Waals surface area contributed by atoms with Gasteiger partial charge in [-0.25, -0.2) is 0 Å². The number of amides is 1. The molecule has 3 heterocycles. The monoisotopic (exact) mass is 254 g/mol. The topological polar surface area (TPSA) is 45.5 Å². The van der Waals surface area contributed by atoms with Gasteiger partial charge in [0, 0.05) is 19.1 Å². The molecule has 2 fully saturated rings. The molecular formula is C12H15ClN2O2. The Labute approximate surface area is 105 Å². The molecule has 3 atom stereocenters. The number of nitrogens with one attached hydrogen (secondary N) is 1. The van der Waals surface area contributed by atoms with Gasteiger partial charge in [-0.1, -0.05) is 0 Å². The van der Waals surface area contributed by atoms with Crippen LogP contribution in [0, 0.1) is 5.92 Å². The minimum absolute atomic E-state index is 0.163. The van der Waals surface area contributed by atoms with Crippen LogP contribution in [-0.4, -0.2) is 36.5 Å². The zero-order chi connectivity index (χ0) is 11.8. The third-order valence-electron chi connectivity index (χ3n) is 3.60. The molecule has 2 aliphatic heterocycles. The number of fused-ring (bicyclic) bond motifs is 2. The van der Waals surface area contributed by atoms with Crippen molar-refractivity contribution in [3.63, 3.8) is 0 Å². The predicted molar refractivity (Wildman–Crippen MR) is 64.1 cm³/mol. The Morgan fingerprint density at radius 1 is 1.47 bits per heavy atom. The van der Waals surface area contributed by atoms with Crippen LogP contribution >= 0.6 is 11.6 Å². The van der Waals surface area contributed by atoms with Crippen LogP contribution < -0.4 is 5.32 Å². The molecule has 0 radical (unpaired) electrons. The zero-order valence-electron chi connectivity index (χ0n) is 9.49. The van der Waals surface area contributed by atoms with Gasteiger partial charge in [-0.2, -0.15) is 0 Å². The summed E-state index contributed by atoms with van der Waals surface area (Å²) in [4.78, 5) is 14.3. The molecule has 0 aromatic carbocycles. The SMILES string of the molecule is O=C(N[C@@H]1C[C@@H]2CCN(C2)C1)c1ccc(Cl)o1. The average molecular weight is 255 g/mol. The highest BCUT2D eigenvalue weighted by atomic mass is 35.5. The van der Waals surface area contributed by atoms with E-state index in [-0.39, 0.29) is 17.2 Å². The van der Waals surface area contributed by atoms with Gasteiger partial charge in [-0.3, -0.25) is 4.79 Å². The lowest BCUT2D eigenvalue weighted by molar-refractivity contribution is 0.0881. The lowest BCUT2D eigenvalue weighted by atomic mass is 9.97. The first-order valence-electron chi connectivity index (χ1n) is 5.99. The van der Waals surface area contributed by atoms with Crippen LogP contribution in [0.15, 0.2) is 16.5 Å². The summed E-state index contributed by atoms with van der Waals surface area (Å²) in [6.45, 7) is 3.32. The lowest BCUT2D eigenvalue weighted by Gasteiger charge is -2.30. The zero-order valence-corrected chi connectivity index (χ0v) is 10.2. The van der Waals surface area contributed by atoms with Gasteiger partial charge in [0.15, 0.2) is 11.0 Å². The summed E-state index contributed by atoms with van der Waals surface area (Å²) in [5.41, 5.74) is 0. The van der Waals surface area contributed by atoms with Crippen LogP contribution in [0.2, 0.25) is 5.22 Å². The van der Waals surface area contributed by atoms with E-state index in [0.29, 0.717) is 5.76 Å². The van der Waals surface area contributed by atoms with Crippen LogP contribution in [0.4, 0.5) is 0 Å². The number of nitrogens with zero attached hydrogens (tertiary/aromatic N) is 1. The molecule has 1 N–H and O–H groups in total. The van der Waals surface area contributed by atoms with Crippen LogP contribution in [0.1, 0.15) is 23.4 Å². The van der Waals surface area contributed by atoms with E-state index in [4.69, 9.17) is 16.0 Å². The highest BCUT2D eigenvalue weighted by Gasteiger charge is 2.33. The Morgan fingerprint density at radius 3 is 3.06 bits per heavy atom. The lowest BCUT2D eigenvalue weighted by Crippen LogP contribution is -2.46. The highest BCUT2D eigenvalue weighted by Crippen LogP contribution is 2.26. The van der Waals surface area contributed by atoms with E-state index >= 15 is 0 Å². The van der Waals surface area contributed by atoms with Crippen molar-refractivity contribution in [1.82, 2.24) is 10.2 Å². The highest BCUT2D eigenvalue weighted by molar-refractivity contribution is 6.29. The number of piperidine rings is 1. The molecule has 2 saturated heterocycles. The Balaban J connectivity index is 1.62. The maximum absolute atomic E-state index is 11.9. The van der Waals surface area contributed by atoms with Gasteiger partial charge in [0.2, 0.25) is 0 Å². The first-order valence-corrected chi connectivity index (χ1v) is 6.37. The average Bonchev–Trinajstić information content (AvgIpc) is 2.85. The number of carbonyl (C=O) groups is 1.